The first kappa shape index (κ1) is 20.7. The lowest BCUT2D eigenvalue weighted by molar-refractivity contribution is -0.384. The summed E-state index contributed by atoms with van der Waals surface area (Å²) in [5.74, 6) is -1.50. The first-order valence-electron chi connectivity index (χ1n) is 7.41. The minimum atomic E-state index is -4.86. The zero-order valence-corrected chi connectivity index (χ0v) is 13.7. The molecular weight excluding hydrogens is 347 g/mol. The average molecular weight is 367 g/mol. The van der Waals surface area contributed by atoms with Crippen molar-refractivity contribution in [2.24, 2.45) is 18.7 Å². The number of aliphatic hydroxyl groups is 1. The molecule has 0 bridgehead atoms. The van der Waals surface area contributed by atoms with Crippen LogP contribution in [-0.4, -0.2) is 51.1 Å². The number of halogens is 3. The minimum absolute atomic E-state index is 0.0292. The Bertz CT molecular complexity index is 607. The summed E-state index contributed by atoms with van der Waals surface area (Å²) in [7, 11) is 1.70. The number of nitrogens with two attached hydrogens (primary N) is 1. The van der Waals surface area contributed by atoms with Crippen LogP contribution in [0.1, 0.15) is 19.8 Å². The van der Waals surface area contributed by atoms with Crippen LogP contribution >= 0.6 is 0 Å². The third-order valence-corrected chi connectivity index (χ3v) is 3.87. The number of anilines is 1. The molecule has 0 aromatic carbocycles. The lowest BCUT2D eigenvalue weighted by Crippen LogP contribution is -2.30. The largest absolute Gasteiger partial charge is 0.470 e. The van der Waals surface area contributed by atoms with Crippen molar-refractivity contribution in [3.05, 3.63) is 16.3 Å². The lowest BCUT2D eigenvalue weighted by Gasteiger charge is -2.21. The molecule has 2 atom stereocenters. The molecule has 3 N–H and O–H groups in total. The number of primary amides is 1. The Hall–Kier alpha value is -2.37. The third kappa shape index (κ3) is 5.59. The SMILES string of the molecule is CC1CCN(c2c([N+](=O)[O-])cnn2C)CCC1O.NC(=O)C(F)(F)F. The van der Waals surface area contributed by atoms with Crippen LogP contribution < -0.4 is 10.6 Å². The van der Waals surface area contributed by atoms with E-state index in [1.165, 1.54) is 10.9 Å². The summed E-state index contributed by atoms with van der Waals surface area (Å²) in [5, 5.41) is 24.8. The van der Waals surface area contributed by atoms with Gasteiger partial charge in [0, 0.05) is 20.1 Å². The van der Waals surface area contributed by atoms with E-state index >= 15 is 0 Å². The normalized spacial score (nSPS) is 21.1. The molecule has 1 amide bonds. The van der Waals surface area contributed by atoms with Crippen LogP contribution in [0.25, 0.3) is 0 Å². The fourth-order valence-electron chi connectivity index (χ4n) is 2.36. The smallest absolute Gasteiger partial charge is 0.393 e. The molecular formula is C13H20F3N5O4. The van der Waals surface area contributed by atoms with Crippen molar-refractivity contribution in [2.45, 2.75) is 32.0 Å². The van der Waals surface area contributed by atoms with E-state index in [1.54, 1.807) is 7.05 Å². The maximum Gasteiger partial charge on any atom is 0.470 e. The van der Waals surface area contributed by atoms with Crippen molar-refractivity contribution in [2.75, 3.05) is 18.0 Å². The highest BCUT2D eigenvalue weighted by Gasteiger charge is 2.35. The van der Waals surface area contributed by atoms with E-state index < -0.39 is 17.0 Å². The van der Waals surface area contributed by atoms with E-state index in [0.29, 0.717) is 25.3 Å². The second-order valence-electron chi connectivity index (χ2n) is 5.71. The van der Waals surface area contributed by atoms with E-state index in [4.69, 9.17) is 4.79 Å². The number of aromatic nitrogens is 2. The topological polar surface area (TPSA) is 128 Å². The number of rotatable bonds is 2. The zero-order chi connectivity index (χ0) is 19.4. The molecule has 1 aliphatic rings. The Balaban J connectivity index is 0.000000381. The number of aryl methyl sites for hydroxylation is 1. The lowest BCUT2D eigenvalue weighted by atomic mass is 10.0. The summed E-state index contributed by atoms with van der Waals surface area (Å²) >= 11 is 0. The highest BCUT2D eigenvalue weighted by Crippen LogP contribution is 2.30. The quantitative estimate of drug-likeness (QED) is 0.592. The molecule has 1 aromatic heterocycles. The summed E-state index contributed by atoms with van der Waals surface area (Å²) in [6, 6.07) is 0. The van der Waals surface area contributed by atoms with Gasteiger partial charge in [-0.15, -0.1) is 0 Å². The summed E-state index contributed by atoms with van der Waals surface area (Å²) in [4.78, 5) is 21.6. The molecule has 0 saturated carbocycles. The Morgan fingerprint density at radius 1 is 1.44 bits per heavy atom. The van der Waals surface area contributed by atoms with Crippen molar-refractivity contribution >= 4 is 17.4 Å². The molecule has 1 fully saturated rings. The molecule has 0 aliphatic carbocycles. The van der Waals surface area contributed by atoms with Crippen LogP contribution in [0.4, 0.5) is 24.7 Å². The molecule has 2 rings (SSSR count). The van der Waals surface area contributed by atoms with Gasteiger partial charge in [0.2, 0.25) is 5.82 Å². The molecule has 0 radical (unpaired) electrons. The fraction of sp³-hybridized carbons (Fsp3) is 0.692. The van der Waals surface area contributed by atoms with Crippen molar-refractivity contribution in [1.29, 1.82) is 0 Å². The standard InChI is InChI=1S/C11H18N4O3.C2H2F3NO/c1-8-3-5-14(6-4-10(8)16)11-9(15(17)18)7-12-13(11)2;3-2(4,5)1(6)7/h7-8,10,16H,3-6H2,1-2H3;(H2,6,7). The Morgan fingerprint density at radius 3 is 2.44 bits per heavy atom. The molecule has 1 saturated heterocycles. The van der Waals surface area contributed by atoms with Gasteiger partial charge < -0.3 is 15.7 Å². The molecule has 1 aliphatic heterocycles. The molecule has 12 heteroatoms. The monoisotopic (exact) mass is 367 g/mol. The molecule has 142 valence electrons. The zero-order valence-electron chi connectivity index (χ0n) is 13.7. The van der Waals surface area contributed by atoms with E-state index in [2.05, 4.69) is 10.8 Å². The third-order valence-electron chi connectivity index (χ3n) is 3.87. The van der Waals surface area contributed by atoms with Gasteiger partial charge in [-0.05, 0) is 18.8 Å². The molecule has 25 heavy (non-hydrogen) atoms. The number of hydrogen-bond donors (Lipinski definition) is 2. The van der Waals surface area contributed by atoms with Crippen LogP contribution in [-0.2, 0) is 11.8 Å². The molecule has 0 spiro atoms. The Kier molecular flexibility index (Phi) is 6.73. The molecule has 1 aromatic rings. The van der Waals surface area contributed by atoms with Gasteiger partial charge in [0.25, 0.3) is 0 Å². The minimum Gasteiger partial charge on any atom is -0.393 e. The molecule has 2 unspecified atom stereocenters. The van der Waals surface area contributed by atoms with Gasteiger partial charge in [0.15, 0.2) is 0 Å². The van der Waals surface area contributed by atoms with Gasteiger partial charge in [-0.1, -0.05) is 6.92 Å². The maximum atomic E-state index is 11.0. The van der Waals surface area contributed by atoms with Crippen LogP contribution in [0.3, 0.4) is 0 Å². The maximum absolute atomic E-state index is 11.0. The van der Waals surface area contributed by atoms with Crippen molar-refractivity contribution < 1.29 is 28.0 Å². The van der Waals surface area contributed by atoms with Crippen LogP contribution in [0.5, 0.6) is 0 Å². The second-order valence-corrected chi connectivity index (χ2v) is 5.71. The summed E-state index contributed by atoms with van der Waals surface area (Å²) in [6.45, 7) is 3.33. The van der Waals surface area contributed by atoms with Crippen LogP contribution in [0.2, 0.25) is 0 Å². The number of carbonyl (C=O) groups is 1. The van der Waals surface area contributed by atoms with Gasteiger partial charge in [0.1, 0.15) is 6.20 Å². The van der Waals surface area contributed by atoms with Gasteiger partial charge in [-0.25, -0.2) is 4.68 Å². The van der Waals surface area contributed by atoms with E-state index in [0.717, 1.165) is 6.42 Å². The Labute approximate surface area is 141 Å². The van der Waals surface area contributed by atoms with Gasteiger partial charge >= 0.3 is 17.8 Å². The Morgan fingerprint density at radius 2 is 1.96 bits per heavy atom. The van der Waals surface area contributed by atoms with Crippen molar-refractivity contribution in [1.82, 2.24) is 9.78 Å². The predicted octanol–water partition coefficient (Wildman–Crippen LogP) is 0.959. The number of nitrogens with zero attached hydrogens (tertiary/aromatic N) is 4. The van der Waals surface area contributed by atoms with E-state index in [1.807, 2.05) is 11.8 Å². The van der Waals surface area contributed by atoms with Crippen molar-refractivity contribution in [3.63, 3.8) is 0 Å². The van der Waals surface area contributed by atoms with E-state index in [9.17, 15) is 28.4 Å². The number of nitro groups is 1. The fourth-order valence-corrected chi connectivity index (χ4v) is 2.36. The van der Waals surface area contributed by atoms with Gasteiger partial charge in [-0.2, -0.15) is 18.3 Å². The molecule has 9 nitrogen and oxygen atoms in total. The van der Waals surface area contributed by atoms with E-state index in [-0.39, 0.29) is 17.7 Å². The number of aliphatic hydroxyl groups excluding tert-OH is 1. The van der Waals surface area contributed by atoms with Gasteiger partial charge in [-0.3, -0.25) is 14.9 Å². The van der Waals surface area contributed by atoms with Crippen LogP contribution in [0.15, 0.2) is 6.20 Å². The average Bonchev–Trinajstić information content (AvgIpc) is 2.80. The van der Waals surface area contributed by atoms with Crippen molar-refractivity contribution in [3.8, 4) is 0 Å². The number of alkyl halides is 3. The van der Waals surface area contributed by atoms with Crippen LogP contribution in [0, 0.1) is 16.0 Å². The highest BCUT2D eigenvalue weighted by atomic mass is 19.4. The highest BCUT2D eigenvalue weighted by molar-refractivity contribution is 5.79. The predicted molar refractivity (Wildman–Crippen MR) is 81.7 cm³/mol. The first-order valence-corrected chi connectivity index (χ1v) is 7.41. The first-order chi connectivity index (χ1) is 11.4. The van der Waals surface area contributed by atoms with Gasteiger partial charge in [0.05, 0.1) is 11.0 Å². The number of carbonyl (C=O) groups excluding carboxylic acids is 1. The second kappa shape index (κ2) is 8.14. The molecule has 2 heterocycles. The number of hydrogen-bond acceptors (Lipinski definition) is 6. The summed E-state index contributed by atoms with van der Waals surface area (Å²) in [5.41, 5.74) is 3.83. The summed E-state index contributed by atoms with van der Waals surface area (Å²) in [6.07, 6.45) is -2.46. The summed E-state index contributed by atoms with van der Waals surface area (Å²) < 4.78 is 33.6. The number of amides is 1.